The van der Waals surface area contributed by atoms with Gasteiger partial charge in [-0.05, 0) is 64.5 Å². The zero-order chi connectivity index (χ0) is 21.0. The first-order chi connectivity index (χ1) is 15.3. The molecule has 0 spiro atoms. The Labute approximate surface area is 190 Å². The fourth-order valence-electron chi connectivity index (χ4n) is 4.40. The van der Waals surface area contributed by atoms with Crippen LogP contribution >= 0.6 is 22.9 Å². The Morgan fingerprint density at radius 1 is 1.10 bits per heavy atom. The van der Waals surface area contributed by atoms with Crippen molar-refractivity contribution in [1.82, 2.24) is 25.1 Å². The quantitative estimate of drug-likeness (QED) is 0.333. The maximum atomic E-state index is 6.21. The second-order valence-corrected chi connectivity index (χ2v) is 9.41. The first kappa shape index (κ1) is 20.4. The van der Waals surface area contributed by atoms with Gasteiger partial charge in [0, 0.05) is 16.4 Å². The predicted molar refractivity (Wildman–Crippen MR) is 121 cm³/mol. The van der Waals surface area contributed by atoms with Crippen molar-refractivity contribution in [3.63, 3.8) is 0 Å². The van der Waals surface area contributed by atoms with Crippen molar-refractivity contribution in [3.8, 4) is 0 Å². The molecule has 1 saturated carbocycles. The van der Waals surface area contributed by atoms with Crippen LogP contribution in [0.5, 0.6) is 0 Å². The van der Waals surface area contributed by atoms with E-state index in [4.69, 9.17) is 16.0 Å². The molecule has 0 bridgehead atoms. The zero-order valence-electron chi connectivity index (χ0n) is 17.1. The lowest BCUT2D eigenvalue weighted by molar-refractivity contribution is 0.179. The van der Waals surface area contributed by atoms with Crippen molar-refractivity contribution in [2.75, 3.05) is 0 Å². The molecule has 5 rings (SSSR count). The molecule has 0 aliphatic heterocycles. The molecule has 1 fully saturated rings. The van der Waals surface area contributed by atoms with Crippen LogP contribution in [0.15, 0.2) is 64.6 Å². The summed E-state index contributed by atoms with van der Waals surface area (Å²) >= 11 is 7.97. The van der Waals surface area contributed by atoms with Crippen LogP contribution in [0, 0.1) is 0 Å². The van der Waals surface area contributed by atoms with Gasteiger partial charge in [0.2, 0.25) is 0 Å². The summed E-state index contributed by atoms with van der Waals surface area (Å²) in [7, 11) is 0. The predicted octanol–water partition coefficient (Wildman–Crippen LogP) is 5.89. The average Bonchev–Trinajstić information content (AvgIpc) is 3.57. The van der Waals surface area contributed by atoms with Crippen molar-refractivity contribution < 1.29 is 4.42 Å². The molecule has 160 valence electrons. The highest BCUT2D eigenvalue weighted by molar-refractivity contribution is 7.09. The highest BCUT2D eigenvalue weighted by atomic mass is 35.5. The molecule has 3 heterocycles. The zero-order valence-corrected chi connectivity index (χ0v) is 18.7. The number of rotatable bonds is 8. The summed E-state index contributed by atoms with van der Waals surface area (Å²) in [5.74, 6) is 1.78. The number of thiophene rings is 1. The molecule has 31 heavy (non-hydrogen) atoms. The monoisotopic (exact) mass is 453 g/mol. The molecule has 0 amide bonds. The molecule has 3 aromatic heterocycles. The van der Waals surface area contributed by atoms with Crippen LogP contribution in [-0.4, -0.2) is 25.1 Å². The van der Waals surface area contributed by atoms with E-state index in [0.717, 1.165) is 36.5 Å². The average molecular weight is 454 g/mol. The van der Waals surface area contributed by atoms with E-state index >= 15 is 0 Å². The molecule has 1 aromatic carbocycles. The van der Waals surface area contributed by atoms with Crippen LogP contribution in [0.1, 0.15) is 59.8 Å². The Hall–Kier alpha value is -2.48. The fourth-order valence-corrected chi connectivity index (χ4v) is 5.26. The summed E-state index contributed by atoms with van der Waals surface area (Å²) in [6, 6.07) is 16.4. The number of benzene rings is 1. The van der Waals surface area contributed by atoms with Crippen molar-refractivity contribution in [1.29, 1.82) is 0 Å². The van der Waals surface area contributed by atoms with Crippen molar-refractivity contribution in [2.45, 2.75) is 50.9 Å². The van der Waals surface area contributed by atoms with E-state index in [1.165, 1.54) is 17.7 Å². The van der Waals surface area contributed by atoms with E-state index in [-0.39, 0.29) is 6.04 Å². The molecule has 1 aliphatic carbocycles. The van der Waals surface area contributed by atoms with Gasteiger partial charge in [0.25, 0.3) is 0 Å². The lowest BCUT2D eigenvalue weighted by Gasteiger charge is -2.31. The molecule has 1 atom stereocenters. The third-order valence-electron chi connectivity index (χ3n) is 5.86. The van der Waals surface area contributed by atoms with Gasteiger partial charge in [0.1, 0.15) is 5.76 Å². The van der Waals surface area contributed by atoms with Gasteiger partial charge >= 0.3 is 0 Å². The van der Waals surface area contributed by atoms with E-state index < -0.39 is 0 Å². The van der Waals surface area contributed by atoms with Gasteiger partial charge in [-0.25, -0.2) is 4.68 Å². The maximum Gasteiger partial charge on any atom is 0.173 e. The van der Waals surface area contributed by atoms with E-state index in [0.29, 0.717) is 17.6 Å². The Kier molecular flexibility index (Phi) is 6.15. The molecule has 1 aliphatic rings. The van der Waals surface area contributed by atoms with Crippen LogP contribution in [-0.2, 0) is 13.1 Å². The Morgan fingerprint density at radius 3 is 2.65 bits per heavy atom. The Morgan fingerprint density at radius 2 is 1.94 bits per heavy atom. The van der Waals surface area contributed by atoms with Crippen LogP contribution in [0.25, 0.3) is 0 Å². The lowest BCUT2D eigenvalue weighted by atomic mass is 10.0. The number of halogens is 1. The number of tetrazole rings is 1. The molecule has 8 heteroatoms. The second kappa shape index (κ2) is 9.34. The normalized spacial score (nSPS) is 15.7. The van der Waals surface area contributed by atoms with Gasteiger partial charge in [-0.1, -0.05) is 42.6 Å². The minimum absolute atomic E-state index is 0.125. The fraction of sp³-hybridized carbons (Fsp3) is 0.348. The van der Waals surface area contributed by atoms with Crippen molar-refractivity contribution >= 4 is 22.9 Å². The molecule has 6 nitrogen and oxygen atoms in total. The summed E-state index contributed by atoms with van der Waals surface area (Å²) in [4.78, 5) is 3.66. The minimum atomic E-state index is -0.125. The van der Waals surface area contributed by atoms with E-state index in [9.17, 15) is 0 Å². The van der Waals surface area contributed by atoms with Crippen LogP contribution < -0.4 is 0 Å². The molecular formula is C23H24ClN5OS. The maximum absolute atomic E-state index is 6.21. The first-order valence-electron chi connectivity index (χ1n) is 10.6. The van der Waals surface area contributed by atoms with Crippen molar-refractivity contribution in [2.24, 2.45) is 0 Å². The van der Waals surface area contributed by atoms with Gasteiger partial charge in [0.05, 0.1) is 24.9 Å². The van der Waals surface area contributed by atoms with Gasteiger partial charge in [-0.2, -0.15) is 0 Å². The molecule has 0 N–H and O–H groups in total. The Bertz CT molecular complexity index is 1040. The highest BCUT2D eigenvalue weighted by Crippen LogP contribution is 2.36. The highest BCUT2D eigenvalue weighted by Gasteiger charge is 2.32. The SMILES string of the molecule is Clc1ccc([C@H](c2nnnn2C2CCCC2)N(Cc2ccco2)Cc2cccs2)cc1. The van der Waals surface area contributed by atoms with E-state index in [1.54, 1.807) is 17.6 Å². The standard InChI is InChI=1S/C23H24ClN5OS/c24-18-11-9-17(10-12-18)22(23-25-26-27-29(23)19-5-1-2-6-19)28(15-20-7-3-13-30-20)16-21-8-4-14-31-21/h3-4,7-14,19,22H,1-2,5-6,15-16H2/t22-/m1/s1. The smallest absolute Gasteiger partial charge is 0.173 e. The van der Waals surface area contributed by atoms with E-state index in [2.05, 4.69) is 54.8 Å². The van der Waals surface area contributed by atoms with Crippen LogP contribution in [0.4, 0.5) is 0 Å². The number of nitrogens with zero attached hydrogens (tertiary/aromatic N) is 5. The molecular weight excluding hydrogens is 430 g/mol. The number of hydrogen-bond donors (Lipinski definition) is 0. The topological polar surface area (TPSA) is 60.0 Å². The molecule has 0 radical (unpaired) electrons. The summed E-state index contributed by atoms with van der Waals surface area (Å²) in [5, 5.41) is 15.9. The number of aromatic nitrogens is 4. The third-order valence-corrected chi connectivity index (χ3v) is 6.98. The summed E-state index contributed by atoms with van der Waals surface area (Å²) in [6.07, 6.45) is 6.41. The number of furan rings is 1. The summed E-state index contributed by atoms with van der Waals surface area (Å²) < 4.78 is 7.77. The van der Waals surface area contributed by atoms with Gasteiger partial charge in [-0.3, -0.25) is 4.90 Å². The largest absolute Gasteiger partial charge is 0.468 e. The third kappa shape index (κ3) is 4.59. The number of hydrogen-bond acceptors (Lipinski definition) is 6. The van der Waals surface area contributed by atoms with Crippen molar-refractivity contribution in [3.05, 3.63) is 87.2 Å². The minimum Gasteiger partial charge on any atom is -0.468 e. The summed E-state index contributed by atoms with van der Waals surface area (Å²) in [5.41, 5.74) is 1.11. The Balaban J connectivity index is 1.58. The van der Waals surface area contributed by atoms with Crippen LogP contribution in [0.3, 0.4) is 0 Å². The molecule has 0 unspecified atom stereocenters. The molecule has 0 saturated heterocycles. The van der Waals surface area contributed by atoms with E-state index in [1.807, 2.05) is 24.3 Å². The van der Waals surface area contributed by atoms with Gasteiger partial charge in [0.15, 0.2) is 5.82 Å². The second-order valence-electron chi connectivity index (χ2n) is 7.94. The summed E-state index contributed by atoms with van der Waals surface area (Å²) in [6.45, 7) is 1.42. The molecule has 4 aromatic rings. The van der Waals surface area contributed by atoms with Gasteiger partial charge < -0.3 is 4.42 Å². The first-order valence-corrected chi connectivity index (χ1v) is 11.9. The van der Waals surface area contributed by atoms with Crippen LogP contribution in [0.2, 0.25) is 5.02 Å². The lowest BCUT2D eigenvalue weighted by Crippen LogP contribution is -2.31. The van der Waals surface area contributed by atoms with Gasteiger partial charge in [-0.15, -0.1) is 16.4 Å².